The van der Waals surface area contributed by atoms with Gasteiger partial charge in [-0.1, -0.05) is 72.6 Å². The molecule has 0 radical (unpaired) electrons. The number of allylic oxidation sites excluding steroid dienone is 5. The van der Waals surface area contributed by atoms with E-state index in [-0.39, 0.29) is 6.10 Å². The Kier molecular flexibility index (Phi) is 31.0. The first-order valence-electron chi connectivity index (χ1n) is 12.7. The predicted octanol–water partition coefficient (Wildman–Crippen LogP) is 9.22. The summed E-state index contributed by atoms with van der Waals surface area (Å²) in [5.41, 5.74) is 5.88. The first-order chi connectivity index (χ1) is 15.0. The Morgan fingerprint density at radius 2 is 1.71 bits per heavy atom. The highest BCUT2D eigenvalue weighted by Crippen LogP contribution is 2.16. The van der Waals surface area contributed by atoms with E-state index in [9.17, 15) is 0 Å². The Morgan fingerprint density at radius 1 is 1.10 bits per heavy atom. The second-order valence-electron chi connectivity index (χ2n) is 7.11. The smallest absolute Gasteiger partial charge is 0.0877 e. The van der Waals surface area contributed by atoms with Crippen LogP contribution in [0.5, 0.6) is 0 Å². The second kappa shape index (κ2) is 28.3. The van der Waals surface area contributed by atoms with Crippen molar-refractivity contribution < 1.29 is 10.2 Å². The fraction of sp³-hybridized carbons (Fsp3) is 0.690. The molecule has 0 aromatic rings. The molecule has 2 heteroatoms. The highest BCUT2D eigenvalue weighted by molar-refractivity contribution is 5.32. The lowest BCUT2D eigenvalue weighted by molar-refractivity contribution is 0.183. The summed E-state index contributed by atoms with van der Waals surface area (Å²) in [6, 6.07) is 0. The Bertz CT molecular complexity index is 557. The number of unbranched alkanes of at least 4 members (excludes halogenated alkanes) is 2. The van der Waals surface area contributed by atoms with Gasteiger partial charge in [0, 0.05) is 18.4 Å². The highest BCUT2D eigenvalue weighted by atomic mass is 16.3. The van der Waals surface area contributed by atoms with Crippen molar-refractivity contribution in [2.24, 2.45) is 0 Å². The summed E-state index contributed by atoms with van der Waals surface area (Å²) >= 11 is 0. The molecule has 0 saturated heterocycles. The summed E-state index contributed by atoms with van der Waals surface area (Å²) in [5.74, 6) is 6.98. The molecule has 0 aromatic heterocycles. The highest BCUT2D eigenvalue weighted by Gasteiger charge is 2.09. The van der Waals surface area contributed by atoms with E-state index >= 15 is 0 Å². The summed E-state index contributed by atoms with van der Waals surface area (Å²) in [4.78, 5) is 0. The van der Waals surface area contributed by atoms with Crippen molar-refractivity contribution in [1.82, 2.24) is 0 Å². The fourth-order valence-electron chi connectivity index (χ4n) is 2.64. The zero-order valence-electron chi connectivity index (χ0n) is 22.0. The Labute approximate surface area is 195 Å². The number of rotatable bonds is 3. The van der Waals surface area contributed by atoms with Gasteiger partial charge in [0.05, 0.1) is 11.9 Å². The molecule has 2 nitrogen and oxygen atoms in total. The molecule has 0 unspecified atom stereocenters. The largest absolute Gasteiger partial charge is 0.513 e. The van der Waals surface area contributed by atoms with Crippen LogP contribution in [0, 0.1) is 11.8 Å². The van der Waals surface area contributed by atoms with Crippen LogP contribution >= 0.6 is 0 Å². The van der Waals surface area contributed by atoms with Crippen LogP contribution in [-0.2, 0) is 0 Å². The molecule has 31 heavy (non-hydrogen) atoms. The quantitative estimate of drug-likeness (QED) is 0.202. The number of aliphatic hydroxyl groups excluding tert-OH is 2. The Hall–Kier alpha value is -1.68. The molecular weight excluding hydrogens is 380 g/mol. The third kappa shape index (κ3) is 26.3. The maximum atomic E-state index is 8.73. The third-order valence-electron chi connectivity index (χ3n) is 4.54. The Balaban J connectivity index is -0.000000405. The van der Waals surface area contributed by atoms with Crippen LogP contribution in [0.4, 0.5) is 0 Å². The van der Waals surface area contributed by atoms with E-state index in [2.05, 4.69) is 37.5 Å². The van der Waals surface area contributed by atoms with E-state index in [0.717, 1.165) is 38.5 Å². The van der Waals surface area contributed by atoms with Crippen molar-refractivity contribution in [3.8, 4) is 11.8 Å². The standard InChI is InChI=1S/C15H20.2C5H10O.2C2H6/c1-3-4-5-6-11-15-12-7-9-14(2)10-8-13-15;6-5-3-1-2-4-5;1-3-5(6)4-2;2*1-2/h7,12H,3-5,8,10,13H2,1-2H3;5-6H,1-4H2;3,6H,4H2,1-2H3;2*1-2H3/b15-12-;;5-3+;;. The molecule has 2 aliphatic carbocycles. The molecule has 0 spiro atoms. The van der Waals surface area contributed by atoms with E-state index in [4.69, 9.17) is 10.2 Å². The zero-order chi connectivity index (χ0) is 24.3. The van der Waals surface area contributed by atoms with Crippen LogP contribution in [0.1, 0.15) is 126 Å². The number of hydrogen-bond donors (Lipinski definition) is 2. The van der Waals surface area contributed by atoms with Gasteiger partial charge in [0.25, 0.3) is 0 Å². The van der Waals surface area contributed by atoms with Crippen molar-refractivity contribution in [2.75, 3.05) is 0 Å². The van der Waals surface area contributed by atoms with Crippen LogP contribution in [0.15, 0.2) is 40.9 Å². The molecule has 1 saturated carbocycles. The molecule has 2 aliphatic rings. The molecule has 0 amide bonds. The van der Waals surface area contributed by atoms with Gasteiger partial charge in [-0.15, -0.1) is 5.73 Å². The van der Waals surface area contributed by atoms with Crippen LogP contribution in [0.25, 0.3) is 0 Å². The van der Waals surface area contributed by atoms with Gasteiger partial charge in [0.1, 0.15) is 0 Å². The minimum absolute atomic E-state index is 0.0463. The topological polar surface area (TPSA) is 40.5 Å². The SMILES string of the molecule is C/C=C(/O)CC.CC.CC.CCCCC#C/C1=C/C=C=C(C)CCC1.OC1CCCC1. The molecule has 0 aromatic carbocycles. The maximum absolute atomic E-state index is 8.73. The Morgan fingerprint density at radius 3 is 2.13 bits per heavy atom. The van der Waals surface area contributed by atoms with Gasteiger partial charge >= 0.3 is 0 Å². The summed E-state index contributed by atoms with van der Waals surface area (Å²) in [7, 11) is 0. The van der Waals surface area contributed by atoms with E-state index in [1.807, 2.05) is 47.6 Å². The summed E-state index contributed by atoms with van der Waals surface area (Å²) in [6.45, 7) is 16.1. The molecule has 2 rings (SSSR count). The van der Waals surface area contributed by atoms with E-state index in [1.54, 1.807) is 6.08 Å². The maximum Gasteiger partial charge on any atom is 0.0877 e. The van der Waals surface area contributed by atoms with Gasteiger partial charge in [-0.05, 0) is 76.2 Å². The lowest BCUT2D eigenvalue weighted by Gasteiger charge is -2.01. The minimum atomic E-state index is 0.0463. The monoisotopic (exact) mass is 432 g/mol. The van der Waals surface area contributed by atoms with Gasteiger partial charge in [-0.2, -0.15) is 0 Å². The van der Waals surface area contributed by atoms with E-state index in [0.29, 0.717) is 5.76 Å². The van der Waals surface area contributed by atoms with Gasteiger partial charge in [0.15, 0.2) is 0 Å². The van der Waals surface area contributed by atoms with Gasteiger partial charge in [-0.25, -0.2) is 0 Å². The van der Waals surface area contributed by atoms with Gasteiger partial charge in [0.2, 0.25) is 0 Å². The minimum Gasteiger partial charge on any atom is -0.513 e. The van der Waals surface area contributed by atoms with Crippen LogP contribution in [-0.4, -0.2) is 16.3 Å². The molecule has 0 aliphatic heterocycles. The first kappa shape index (κ1) is 33.9. The fourth-order valence-corrected chi connectivity index (χ4v) is 2.64. The lowest BCUT2D eigenvalue weighted by atomic mass is 10.0. The van der Waals surface area contributed by atoms with Gasteiger partial charge < -0.3 is 10.2 Å². The molecule has 2 N–H and O–H groups in total. The summed E-state index contributed by atoms with van der Waals surface area (Å²) in [6.07, 6.45) is 18.1. The van der Waals surface area contributed by atoms with Crippen LogP contribution < -0.4 is 0 Å². The molecule has 0 heterocycles. The van der Waals surface area contributed by atoms with Gasteiger partial charge in [-0.3, -0.25) is 0 Å². The third-order valence-corrected chi connectivity index (χ3v) is 4.54. The molecular formula is C29H52O2. The van der Waals surface area contributed by atoms with Crippen LogP contribution in [0.2, 0.25) is 0 Å². The zero-order valence-corrected chi connectivity index (χ0v) is 22.0. The van der Waals surface area contributed by atoms with Crippen molar-refractivity contribution in [2.45, 2.75) is 132 Å². The molecule has 0 bridgehead atoms. The van der Waals surface area contributed by atoms with E-state index in [1.165, 1.54) is 43.3 Å². The van der Waals surface area contributed by atoms with Crippen molar-refractivity contribution >= 4 is 0 Å². The number of aliphatic hydroxyl groups is 2. The van der Waals surface area contributed by atoms with Crippen molar-refractivity contribution in [3.63, 3.8) is 0 Å². The van der Waals surface area contributed by atoms with Crippen molar-refractivity contribution in [3.05, 3.63) is 40.9 Å². The first-order valence-corrected chi connectivity index (χ1v) is 12.7. The lowest BCUT2D eigenvalue weighted by Crippen LogP contribution is -1.94. The average Bonchev–Trinajstić information content (AvgIpc) is 3.28. The number of hydrogen-bond acceptors (Lipinski definition) is 2. The molecule has 180 valence electrons. The predicted molar refractivity (Wildman–Crippen MR) is 140 cm³/mol. The summed E-state index contributed by atoms with van der Waals surface area (Å²) < 4.78 is 0. The average molecular weight is 433 g/mol. The second-order valence-corrected chi connectivity index (χ2v) is 7.11. The van der Waals surface area contributed by atoms with Crippen LogP contribution in [0.3, 0.4) is 0 Å². The summed E-state index contributed by atoms with van der Waals surface area (Å²) in [5, 5.41) is 17.3. The molecule has 1 fully saturated rings. The molecule has 0 atom stereocenters. The van der Waals surface area contributed by atoms with E-state index < -0.39 is 0 Å². The van der Waals surface area contributed by atoms with Crippen molar-refractivity contribution in [1.29, 1.82) is 0 Å². The normalized spacial score (nSPS) is 16.9.